The summed E-state index contributed by atoms with van der Waals surface area (Å²) in [4.78, 5) is 16.5. The standard InChI is InChI=1S/C17H21N3O/c21-17(15-7-2-9-18-12-15)20-11-8-14-5-1-4-13-6-3-10-19-16(13)14/h1,3-6,10,15,18H,2,7-9,11-12H2,(H,20,21). The zero-order chi connectivity index (χ0) is 14.5. The van der Waals surface area contributed by atoms with Crippen LogP contribution in [0.4, 0.5) is 0 Å². The van der Waals surface area contributed by atoms with Gasteiger partial charge in [0.15, 0.2) is 0 Å². The van der Waals surface area contributed by atoms with Crippen molar-refractivity contribution >= 4 is 16.8 Å². The second kappa shape index (κ2) is 6.68. The van der Waals surface area contributed by atoms with Crippen molar-refractivity contribution in [2.45, 2.75) is 19.3 Å². The predicted molar refractivity (Wildman–Crippen MR) is 84.1 cm³/mol. The smallest absolute Gasteiger partial charge is 0.224 e. The number of para-hydroxylation sites is 1. The molecule has 4 heteroatoms. The van der Waals surface area contributed by atoms with Gasteiger partial charge in [0.2, 0.25) is 5.91 Å². The van der Waals surface area contributed by atoms with E-state index in [1.807, 2.05) is 18.3 Å². The van der Waals surface area contributed by atoms with Gasteiger partial charge < -0.3 is 10.6 Å². The van der Waals surface area contributed by atoms with E-state index in [1.54, 1.807) is 0 Å². The van der Waals surface area contributed by atoms with Gasteiger partial charge in [-0.05, 0) is 37.4 Å². The lowest BCUT2D eigenvalue weighted by Crippen LogP contribution is -2.41. The lowest BCUT2D eigenvalue weighted by Gasteiger charge is -2.21. The topological polar surface area (TPSA) is 54.0 Å². The predicted octanol–water partition coefficient (Wildman–Crippen LogP) is 1.89. The Kier molecular flexibility index (Phi) is 4.46. The number of amides is 1. The molecule has 0 spiro atoms. The molecule has 1 saturated heterocycles. The first-order valence-electron chi connectivity index (χ1n) is 7.65. The molecule has 0 bridgehead atoms. The molecular formula is C17H21N3O. The van der Waals surface area contributed by atoms with E-state index in [1.165, 1.54) is 5.56 Å². The van der Waals surface area contributed by atoms with Gasteiger partial charge in [-0.2, -0.15) is 0 Å². The van der Waals surface area contributed by atoms with E-state index in [0.29, 0.717) is 6.54 Å². The minimum absolute atomic E-state index is 0.129. The highest BCUT2D eigenvalue weighted by atomic mass is 16.1. The third-order valence-corrected chi connectivity index (χ3v) is 4.08. The SMILES string of the molecule is O=C(NCCc1cccc2cccnc12)C1CCCNC1. The highest BCUT2D eigenvalue weighted by Gasteiger charge is 2.20. The molecule has 4 nitrogen and oxygen atoms in total. The average molecular weight is 283 g/mol. The number of rotatable bonds is 4. The van der Waals surface area contributed by atoms with Crippen LogP contribution < -0.4 is 10.6 Å². The van der Waals surface area contributed by atoms with E-state index in [4.69, 9.17) is 0 Å². The minimum atomic E-state index is 0.129. The molecule has 1 fully saturated rings. The van der Waals surface area contributed by atoms with Gasteiger partial charge >= 0.3 is 0 Å². The Balaban J connectivity index is 1.58. The summed E-state index contributed by atoms with van der Waals surface area (Å²) < 4.78 is 0. The van der Waals surface area contributed by atoms with Gasteiger partial charge in [0.25, 0.3) is 0 Å². The molecule has 110 valence electrons. The maximum atomic E-state index is 12.1. The molecule has 1 aromatic heterocycles. The van der Waals surface area contributed by atoms with E-state index >= 15 is 0 Å². The van der Waals surface area contributed by atoms with Crippen molar-refractivity contribution in [3.8, 4) is 0 Å². The summed E-state index contributed by atoms with van der Waals surface area (Å²) in [5.41, 5.74) is 2.23. The molecule has 0 aliphatic carbocycles. The number of nitrogens with zero attached hydrogens (tertiary/aromatic N) is 1. The van der Waals surface area contributed by atoms with Gasteiger partial charge in [-0.15, -0.1) is 0 Å². The van der Waals surface area contributed by atoms with Crippen molar-refractivity contribution in [2.24, 2.45) is 5.92 Å². The van der Waals surface area contributed by atoms with Crippen LogP contribution in [0.3, 0.4) is 0 Å². The van der Waals surface area contributed by atoms with Crippen LogP contribution in [-0.2, 0) is 11.2 Å². The van der Waals surface area contributed by atoms with Crippen LogP contribution in [-0.4, -0.2) is 30.5 Å². The second-order valence-electron chi connectivity index (χ2n) is 5.58. The summed E-state index contributed by atoms with van der Waals surface area (Å²) in [7, 11) is 0. The molecule has 0 saturated carbocycles. The quantitative estimate of drug-likeness (QED) is 0.901. The third kappa shape index (κ3) is 3.39. The van der Waals surface area contributed by atoms with Gasteiger partial charge in [-0.1, -0.05) is 24.3 Å². The molecule has 0 radical (unpaired) electrons. The molecular weight excluding hydrogens is 262 g/mol. The number of carbonyl (C=O) groups excluding carboxylic acids is 1. The van der Waals surface area contributed by atoms with Crippen molar-refractivity contribution < 1.29 is 4.79 Å². The Hall–Kier alpha value is -1.94. The third-order valence-electron chi connectivity index (χ3n) is 4.08. The van der Waals surface area contributed by atoms with Gasteiger partial charge in [0, 0.05) is 24.7 Å². The van der Waals surface area contributed by atoms with E-state index < -0.39 is 0 Å². The van der Waals surface area contributed by atoms with E-state index in [0.717, 1.165) is 43.3 Å². The van der Waals surface area contributed by atoms with Gasteiger partial charge in [-0.25, -0.2) is 0 Å². The minimum Gasteiger partial charge on any atom is -0.355 e. The number of nitrogens with one attached hydrogen (secondary N) is 2. The van der Waals surface area contributed by atoms with E-state index in [2.05, 4.69) is 33.8 Å². The Labute approximate surface area is 125 Å². The Bertz CT molecular complexity index is 615. The maximum absolute atomic E-state index is 12.1. The largest absolute Gasteiger partial charge is 0.355 e. The molecule has 1 atom stereocenters. The van der Waals surface area contributed by atoms with Crippen molar-refractivity contribution in [3.05, 3.63) is 42.1 Å². The highest BCUT2D eigenvalue weighted by Crippen LogP contribution is 2.16. The van der Waals surface area contributed by atoms with Crippen LogP contribution in [0.1, 0.15) is 18.4 Å². The Morgan fingerprint density at radius 3 is 3.10 bits per heavy atom. The number of fused-ring (bicyclic) bond motifs is 1. The lowest BCUT2D eigenvalue weighted by atomic mass is 9.99. The maximum Gasteiger partial charge on any atom is 0.224 e. The molecule has 1 unspecified atom stereocenters. The van der Waals surface area contributed by atoms with Crippen LogP contribution >= 0.6 is 0 Å². The molecule has 1 amide bonds. The number of benzene rings is 1. The average Bonchev–Trinajstić information content (AvgIpc) is 2.56. The number of aromatic nitrogens is 1. The van der Waals surface area contributed by atoms with Gasteiger partial charge in [0.1, 0.15) is 0 Å². The number of pyridine rings is 1. The first-order valence-corrected chi connectivity index (χ1v) is 7.65. The molecule has 21 heavy (non-hydrogen) atoms. The Morgan fingerprint density at radius 1 is 1.33 bits per heavy atom. The van der Waals surface area contributed by atoms with Gasteiger partial charge in [-0.3, -0.25) is 9.78 Å². The summed E-state index contributed by atoms with van der Waals surface area (Å²) in [6.45, 7) is 2.51. The van der Waals surface area contributed by atoms with Crippen molar-refractivity contribution in [2.75, 3.05) is 19.6 Å². The molecule has 1 aliphatic heterocycles. The first-order chi connectivity index (χ1) is 10.3. The summed E-state index contributed by atoms with van der Waals surface area (Å²) in [6.07, 6.45) is 4.72. The first kappa shape index (κ1) is 14.0. The fourth-order valence-electron chi connectivity index (χ4n) is 2.91. The summed E-state index contributed by atoms with van der Waals surface area (Å²) in [6, 6.07) is 10.2. The van der Waals surface area contributed by atoms with Crippen molar-refractivity contribution in [3.63, 3.8) is 0 Å². The normalized spacial score (nSPS) is 18.6. The zero-order valence-electron chi connectivity index (χ0n) is 12.1. The van der Waals surface area contributed by atoms with E-state index in [9.17, 15) is 4.79 Å². The summed E-state index contributed by atoms with van der Waals surface area (Å²) in [5.74, 6) is 0.305. The fourth-order valence-corrected chi connectivity index (χ4v) is 2.91. The summed E-state index contributed by atoms with van der Waals surface area (Å²) >= 11 is 0. The molecule has 2 N–H and O–H groups in total. The monoisotopic (exact) mass is 283 g/mol. The molecule has 3 rings (SSSR count). The van der Waals surface area contributed by atoms with Crippen LogP contribution in [0.15, 0.2) is 36.5 Å². The lowest BCUT2D eigenvalue weighted by molar-refractivity contribution is -0.125. The van der Waals surface area contributed by atoms with Crippen LogP contribution in [0.2, 0.25) is 0 Å². The van der Waals surface area contributed by atoms with Crippen LogP contribution in [0.5, 0.6) is 0 Å². The Morgan fingerprint density at radius 2 is 2.24 bits per heavy atom. The molecule has 1 aliphatic rings. The highest BCUT2D eigenvalue weighted by molar-refractivity contribution is 5.82. The van der Waals surface area contributed by atoms with Crippen molar-refractivity contribution in [1.82, 2.24) is 15.6 Å². The fraction of sp³-hybridized carbons (Fsp3) is 0.412. The molecule has 2 aromatic rings. The number of piperidine rings is 1. The second-order valence-corrected chi connectivity index (χ2v) is 5.58. The number of hydrogen-bond donors (Lipinski definition) is 2. The van der Waals surface area contributed by atoms with Gasteiger partial charge in [0.05, 0.1) is 11.4 Å². The van der Waals surface area contributed by atoms with Crippen LogP contribution in [0.25, 0.3) is 10.9 Å². The summed E-state index contributed by atoms with van der Waals surface area (Å²) in [5, 5.41) is 7.49. The molecule has 1 aromatic carbocycles. The van der Waals surface area contributed by atoms with Crippen molar-refractivity contribution in [1.29, 1.82) is 0 Å². The van der Waals surface area contributed by atoms with Crippen LogP contribution in [0, 0.1) is 5.92 Å². The zero-order valence-corrected chi connectivity index (χ0v) is 12.1. The molecule has 2 heterocycles. The number of hydrogen-bond acceptors (Lipinski definition) is 3. The van der Waals surface area contributed by atoms with E-state index in [-0.39, 0.29) is 11.8 Å². The number of carbonyl (C=O) groups is 1.